The van der Waals surface area contributed by atoms with Crippen LogP contribution in [-0.2, 0) is 4.74 Å². The van der Waals surface area contributed by atoms with Crippen LogP contribution in [0.4, 0.5) is 4.39 Å². The first kappa shape index (κ1) is 20.1. The lowest BCUT2D eigenvalue weighted by Crippen LogP contribution is -2.24. The molecule has 1 amide bonds. The zero-order valence-electron chi connectivity index (χ0n) is 15.9. The summed E-state index contributed by atoms with van der Waals surface area (Å²) in [6.07, 6.45) is 3.83. The Balaban J connectivity index is 1.32. The summed E-state index contributed by atoms with van der Waals surface area (Å²) in [6.45, 7) is 2.39. The summed E-state index contributed by atoms with van der Waals surface area (Å²) >= 11 is 0. The lowest BCUT2D eigenvalue weighted by molar-refractivity contribution is 0.0679. The van der Waals surface area contributed by atoms with Gasteiger partial charge in [-0.3, -0.25) is 4.79 Å². The molecule has 0 spiro atoms. The van der Waals surface area contributed by atoms with Gasteiger partial charge in [0.15, 0.2) is 0 Å². The van der Waals surface area contributed by atoms with Gasteiger partial charge in [-0.25, -0.2) is 4.39 Å². The third-order valence-corrected chi connectivity index (χ3v) is 4.50. The Kier molecular flexibility index (Phi) is 7.67. The Labute approximate surface area is 164 Å². The molecule has 2 aromatic carbocycles. The molecule has 28 heavy (non-hydrogen) atoms. The number of carbonyl (C=O) groups is 1. The predicted octanol–water partition coefficient (Wildman–Crippen LogP) is 3.97. The molecule has 1 aliphatic heterocycles. The highest BCUT2D eigenvalue weighted by atomic mass is 19.1. The number of rotatable bonds is 10. The van der Waals surface area contributed by atoms with Crippen molar-refractivity contribution in [3.05, 3.63) is 59.9 Å². The van der Waals surface area contributed by atoms with Crippen LogP contribution in [0.5, 0.6) is 11.5 Å². The molecule has 1 unspecified atom stereocenters. The molecule has 0 radical (unpaired) electrons. The fourth-order valence-corrected chi connectivity index (χ4v) is 2.94. The highest BCUT2D eigenvalue weighted by Gasteiger charge is 2.16. The Morgan fingerprint density at radius 2 is 1.96 bits per heavy atom. The fraction of sp³-hybridized carbons (Fsp3) is 0.409. The quantitative estimate of drug-likeness (QED) is 0.627. The minimum Gasteiger partial charge on any atom is -0.494 e. The van der Waals surface area contributed by atoms with Crippen LogP contribution in [0.25, 0.3) is 0 Å². The van der Waals surface area contributed by atoms with Crippen molar-refractivity contribution in [3.8, 4) is 11.5 Å². The maximum atomic E-state index is 12.8. The Bertz CT molecular complexity index is 744. The van der Waals surface area contributed by atoms with Crippen LogP contribution >= 0.6 is 0 Å². The molecular formula is C22H26FNO4. The van der Waals surface area contributed by atoms with Crippen molar-refractivity contribution < 1.29 is 23.4 Å². The molecule has 5 nitrogen and oxygen atoms in total. The monoisotopic (exact) mass is 387 g/mol. The van der Waals surface area contributed by atoms with E-state index < -0.39 is 0 Å². The lowest BCUT2D eigenvalue weighted by atomic mass is 10.2. The number of halogens is 1. The minimum absolute atomic E-state index is 0.123. The number of carbonyl (C=O) groups excluding carboxylic acids is 1. The second kappa shape index (κ2) is 10.7. The third kappa shape index (κ3) is 6.53. The minimum atomic E-state index is -0.281. The van der Waals surface area contributed by atoms with Crippen molar-refractivity contribution in [1.29, 1.82) is 0 Å². The number of nitrogens with one attached hydrogen (secondary N) is 1. The van der Waals surface area contributed by atoms with Crippen molar-refractivity contribution >= 4 is 5.91 Å². The van der Waals surface area contributed by atoms with Crippen molar-refractivity contribution in [1.82, 2.24) is 5.32 Å². The molecule has 0 bridgehead atoms. The number of unbranched alkanes of at least 4 members (excludes halogenated alkanes) is 1. The van der Waals surface area contributed by atoms with E-state index in [1.807, 2.05) is 12.1 Å². The molecule has 1 aliphatic rings. The first-order valence-corrected chi connectivity index (χ1v) is 9.72. The number of ether oxygens (including phenoxy) is 3. The summed E-state index contributed by atoms with van der Waals surface area (Å²) in [7, 11) is 0. The summed E-state index contributed by atoms with van der Waals surface area (Å²) in [6, 6.07) is 13.1. The van der Waals surface area contributed by atoms with Crippen LogP contribution in [0.2, 0.25) is 0 Å². The highest BCUT2D eigenvalue weighted by molar-refractivity contribution is 5.94. The first-order chi connectivity index (χ1) is 13.7. The van der Waals surface area contributed by atoms with Crippen LogP contribution in [-0.4, -0.2) is 38.4 Å². The number of hydrogen-bond donors (Lipinski definition) is 1. The summed E-state index contributed by atoms with van der Waals surface area (Å²) in [5.41, 5.74) is 0.576. The molecule has 1 saturated heterocycles. The van der Waals surface area contributed by atoms with Crippen molar-refractivity contribution in [2.24, 2.45) is 0 Å². The van der Waals surface area contributed by atoms with E-state index in [9.17, 15) is 9.18 Å². The van der Waals surface area contributed by atoms with E-state index in [2.05, 4.69) is 5.32 Å². The van der Waals surface area contributed by atoms with Gasteiger partial charge in [0, 0.05) is 18.7 Å². The maximum Gasteiger partial charge on any atom is 0.251 e. The molecule has 0 aliphatic carbocycles. The molecule has 1 fully saturated rings. The lowest BCUT2D eigenvalue weighted by Gasteiger charge is -2.12. The molecule has 3 rings (SSSR count). The molecule has 0 saturated carbocycles. The first-order valence-electron chi connectivity index (χ1n) is 9.72. The van der Waals surface area contributed by atoms with Crippen molar-refractivity contribution in [3.63, 3.8) is 0 Å². The standard InChI is InChI=1S/C22H26FNO4/c23-18-8-10-19(11-9-18)26-13-2-1-12-24-22(25)17-5-3-6-20(15-17)28-16-21-7-4-14-27-21/h3,5-6,8-11,15,21H,1-2,4,7,12-14,16H2,(H,24,25). The van der Waals surface area contributed by atoms with Gasteiger partial charge in [0.25, 0.3) is 5.91 Å². The number of amides is 1. The third-order valence-electron chi connectivity index (χ3n) is 4.50. The van der Waals surface area contributed by atoms with Gasteiger partial charge < -0.3 is 19.5 Å². The van der Waals surface area contributed by atoms with Crippen LogP contribution in [0.3, 0.4) is 0 Å². The predicted molar refractivity (Wildman–Crippen MR) is 104 cm³/mol. The van der Waals surface area contributed by atoms with Crippen LogP contribution in [0.15, 0.2) is 48.5 Å². The van der Waals surface area contributed by atoms with Gasteiger partial charge >= 0.3 is 0 Å². The van der Waals surface area contributed by atoms with E-state index in [4.69, 9.17) is 14.2 Å². The molecule has 0 aromatic heterocycles. The molecule has 1 N–H and O–H groups in total. The van der Waals surface area contributed by atoms with Gasteiger partial charge in [-0.05, 0) is 68.1 Å². The van der Waals surface area contributed by atoms with Gasteiger partial charge in [0.2, 0.25) is 0 Å². The molecule has 6 heteroatoms. The van der Waals surface area contributed by atoms with E-state index in [1.54, 1.807) is 24.3 Å². The topological polar surface area (TPSA) is 56.8 Å². The van der Waals surface area contributed by atoms with Crippen LogP contribution in [0, 0.1) is 5.82 Å². The highest BCUT2D eigenvalue weighted by Crippen LogP contribution is 2.17. The average molecular weight is 387 g/mol. The zero-order valence-corrected chi connectivity index (χ0v) is 15.9. The Morgan fingerprint density at radius 3 is 2.75 bits per heavy atom. The summed E-state index contributed by atoms with van der Waals surface area (Å²) in [4.78, 5) is 12.3. The van der Waals surface area contributed by atoms with E-state index in [0.717, 1.165) is 32.3 Å². The summed E-state index contributed by atoms with van der Waals surface area (Å²) in [5.74, 6) is 0.916. The summed E-state index contributed by atoms with van der Waals surface area (Å²) < 4.78 is 29.6. The van der Waals surface area contributed by atoms with Crippen LogP contribution < -0.4 is 14.8 Å². The Morgan fingerprint density at radius 1 is 1.11 bits per heavy atom. The molecule has 150 valence electrons. The van der Waals surface area contributed by atoms with E-state index in [0.29, 0.717) is 36.8 Å². The molecule has 2 aromatic rings. The normalized spacial score (nSPS) is 16.0. The largest absolute Gasteiger partial charge is 0.494 e. The number of benzene rings is 2. The molecule has 1 atom stereocenters. The van der Waals surface area contributed by atoms with Crippen molar-refractivity contribution in [2.45, 2.75) is 31.8 Å². The van der Waals surface area contributed by atoms with E-state index >= 15 is 0 Å². The van der Waals surface area contributed by atoms with Gasteiger partial charge in [-0.1, -0.05) is 6.07 Å². The van der Waals surface area contributed by atoms with Crippen LogP contribution in [0.1, 0.15) is 36.0 Å². The van der Waals surface area contributed by atoms with E-state index in [-0.39, 0.29) is 17.8 Å². The summed E-state index contributed by atoms with van der Waals surface area (Å²) in [5, 5.41) is 2.91. The van der Waals surface area contributed by atoms with Gasteiger partial charge in [-0.2, -0.15) is 0 Å². The number of hydrogen-bond acceptors (Lipinski definition) is 4. The average Bonchev–Trinajstić information content (AvgIpc) is 3.24. The zero-order chi connectivity index (χ0) is 19.6. The molecule has 1 heterocycles. The second-order valence-corrected chi connectivity index (χ2v) is 6.74. The van der Waals surface area contributed by atoms with Gasteiger partial charge in [0.05, 0.1) is 12.7 Å². The smallest absolute Gasteiger partial charge is 0.251 e. The van der Waals surface area contributed by atoms with E-state index in [1.165, 1.54) is 12.1 Å². The van der Waals surface area contributed by atoms with Crippen molar-refractivity contribution in [2.75, 3.05) is 26.4 Å². The van der Waals surface area contributed by atoms with Gasteiger partial charge in [0.1, 0.15) is 23.9 Å². The fourth-order valence-electron chi connectivity index (χ4n) is 2.94. The van der Waals surface area contributed by atoms with Gasteiger partial charge in [-0.15, -0.1) is 0 Å². The maximum absolute atomic E-state index is 12.8. The second-order valence-electron chi connectivity index (χ2n) is 6.74. The molecular weight excluding hydrogens is 361 g/mol. The Hall–Kier alpha value is -2.60. The SMILES string of the molecule is O=C(NCCCCOc1ccc(F)cc1)c1cccc(OCC2CCCO2)c1.